The molecular formula is C19H34N2. The molecule has 0 saturated heterocycles. The van der Waals surface area contributed by atoms with Crippen molar-refractivity contribution in [1.29, 1.82) is 0 Å². The smallest absolute Gasteiger partial charge is 0.0236 e. The van der Waals surface area contributed by atoms with Gasteiger partial charge in [0.2, 0.25) is 0 Å². The number of hydrogen-bond acceptors (Lipinski definition) is 2. The molecule has 0 aliphatic rings. The summed E-state index contributed by atoms with van der Waals surface area (Å²) >= 11 is 0. The fourth-order valence-electron chi connectivity index (χ4n) is 2.45. The van der Waals surface area contributed by atoms with Crippen molar-refractivity contribution in [2.75, 3.05) is 13.6 Å². The minimum absolute atomic E-state index is 0.305. The molecule has 0 amide bonds. The van der Waals surface area contributed by atoms with Crippen molar-refractivity contribution in [3.8, 4) is 0 Å². The lowest BCUT2D eigenvalue weighted by molar-refractivity contribution is 0.134. The van der Waals surface area contributed by atoms with Gasteiger partial charge in [-0.3, -0.25) is 4.90 Å². The molecule has 1 aromatic carbocycles. The zero-order valence-corrected chi connectivity index (χ0v) is 15.0. The van der Waals surface area contributed by atoms with Gasteiger partial charge in [-0.1, -0.05) is 58.9 Å². The molecule has 1 rings (SSSR count). The average Bonchev–Trinajstić information content (AvgIpc) is 2.38. The van der Waals surface area contributed by atoms with Crippen molar-refractivity contribution >= 4 is 0 Å². The largest absolute Gasteiger partial charge is 0.312 e. The van der Waals surface area contributed by atoms with Gasteiger partial charge in [0, 0.05) is 19.1 Å². The SMILES string of the molecule is CC(C)CNCc1ccccc1CN(C)C(C)C(C)(C)C. The standard InChI is InChI=1S/C19H34N2/c1-15(2)12-20-13-17-10-8-9-11-18(17)14-21(7)16(3)19(4,5)6/h8-11,15-16,20H,12-14H2,1-7H3. The van der Waals surface area contributed by atoms with Crippen LogP contribution in [0.1, 0.15) is 52.7 Å². The lowest BCUT2D eigenvalue weighted by Gasteiger charge is -2.35. The van der Waals surface area contributed by atoms with Crippen LogP contribution < -0.4 is 5.32 Å². The predicted molar refractivity (Wildman–Crippen MR) is 93.4 cm³/mol. The molecule has 1 atom stereocenters. The molecule has 0 aliphatic carbocycles. The van der Waals surface area contributed by atoms with E-state index in [-0.39, 0.29) is 0 Å². The Labute approximate surface area is 131 Å². The van der Waals surface area contributed by atoms with Crippen LogP contribution in [0.5, 0.6) is 0 Å². The third kappa shape index (κ3) is 6.19. The summed E-state index contributed by atoms with van der Waals surface area (Å²) in [5.41, 5.74) is 3.16. The Morgan fingerprint density at radius 3 is 2.14 bits per heavy atom. The van der Waals surface area contributed by atoms with E-state index in [1.165, 1.54) is 11.1 Å². The molecular weight excluding hydrogens is 256 g/mol. The average molecular weight is 290 g/mol. The highest BCUT2D eigenvalue weighted by molar-refractivity contribution is 5.27. The van der Waals surface area contributed by atoms with Gasteiger partial charge in [-0.15, -0.1) is 0 Å². The maximum absolute atomic E-state index is 3.56. The molecule has 0 saturated carbocycles. The van der Waals surface area contributed by atoms with Gasteiger partial charge in [-0.25, -0.2) is 0 Å². The van der Waals surface area contributed by atoms with Gasteiger partial charge in [0.15, 0.2) is 0 Å². The second-order valence-corrected chi connectivity index (χ2v) is 7.75. The van der Waals surface area contributed by atoms with Gasteiger partial charge < -0.3 is 5.32 Å². The first-order chi connectivity index (χ1) is 9.71. The van der Waals surface area contributed by atoms with Crippen LogP contribution in [-0.2, 0) is 13.1 Å². The van der Waals surface area contributed by atoms with Crippen LogP contribution in [0.15, 0.2) is 24.3 Å². The van der Waals surface area contributed by atoms with Gasteiger partial charge in [0.05, 0.1) is 0 Å². The third-order valence-corrected chi connectivity index (χ3v) is 4.32. The molecule has 0 bridgehead atoms. The molecule has 0 heterocycles. The van der Waals surface area contributed by atoms with Crippen molar-refractivity contribution in [2.45, 2.75) is 60.7 Å². The van der Waals surface area contributed by atoms with E-state index >= 15 is 0 Å². The van der Waals surface area contributed by atoms with Crippen LogP contribution in [0.2, 0.25) is 0 Å². The molecule has 2 nitrogen and oxygen atoms in total. The summed E-state index contributed by atoms with van der Waals surface area (Å²) in [6.45, 7) is 16.8. The summed E-state index contributed by atoms with van der Waals surface area (Å²) in [6, 6.07) is 9.35. The highest BCUT2D eigenvalue weighted by Crippen LogP contribution is 2.24. The third-order valence-electron chi connectivity index (χ3n) is 4.32. The lowest BCUT2D eigenvalue weighted by atomic mass is 9.87. The van der Waals surface area contributed by atoms with E-state index in [9.17, 15) is 0 Å². The highest BCUT2D eigenvalue weighted by Gasteiger charge is 2.24. The summed E-state index contributed by atoms with van der Waals surface area (Å²) in [6.07, 6.45) is 0. The minimum atomic E-state index is 0.305. The van der Waals surface area contributed by atoms with Gasteiger partial charge >= 0.3 is 0 Å². The molecule has 0 fully saturated rings. The summed E-state index contributed by atoms with van der Waals surface area (Å²) in [7, 11) is 2.23. The molecule has 0 aliphatic heterocycles. The Hall–Kier alpha value is -0.860. The van der Waals surface area contributed by atoms with Crippen LogP contribution in [0, 0.1) is 11.3 Å². The fraction of sp³-hybridized carbons (Fsp3) is 0.684. The molecule has 1 unspecified atom stereocenters. The quantitative estimate of drug-likeness (QED) is 0.805. The van der Waals surface area contributed by atoms with Crippen LogP contribution in [0.25, 0.3) is 0 Å². The maximum Gasteiger partial charge on any atom is 0.0236 e. The van der Waals surface area contributed by atoms with Crippen LogP contribution in [-0.4, -0.2) is 24.5 Å². The number of nitrogens with zero attached hydrogens (tertiary/aromatic N) is 1. The van der Waals surface area contributed by atoms with Gasteiger partial charge in [0.1, 0.15) is 0 Å². The second-order valence-electron chi connectivity index (χ2n) is 7.75. The van der Waals surface area contributed by atoms with Crippen molar-refractivity contribution in [2.24, 2.45) is 11.3 Å². The topological polar surface area (TPSA) is 15.3 Å². The first-order valence-electron chi connectivity index (χ1n) is 8.19. The Balaban J connectivity index is 2.70. The van der Waals surface area contributed by atoms with E-state index < -0.39 is 0 Å². The minimum Gasteiger partial charge on any atom is -0.312 e. The van der Waals surface area contributed by atoms with E-state index in [2.05, 4.69) is 83.1 Å². The highest BCUT2D eigenvalue weighted by atomic mass is 15.1. The predicted octanol–water partition coefficient (Wildman–Crippen LogP) is 4.30. The van der Waals surface area contributed by atoms with E-state index in [0.29, 0.717) is 17.4 Å². The zero-order valence-electron chi connectivity index (χ0n) is 15.0. The van der Waals surface area contributed by atoms with Crippen LogP contribution >= 0.6 is 0 Å². The normalized spacial score (nSPS) is 14.0. The van der Waals surface area contributed by atoms with E-state index in [1.54, 1.807) is 0 Å². The van der Waals surface area contributed by atoms with Gasteiger partial charge in [-0.05, 0) is 43.0 Å². The molecule has 21 heavy (non-hydrogen) atoms. The Bertz CT molecular complexity index is 418. The molecule has 0 radical (unpaired) electrons. The monoisotopic (exact) mass is 290 g/mol. The van der Waals surface area contributed by atoms with Gasteiger partial charge in [-0.2, -0.15) is 0 Å². The fourth-order valence-corrected chi connectivity index (χ4v) is 2.45. The second kappa shape index (κ2) is 7.95. The molecule has 0 aromatic heterocycles. The maximum atomic E-state index is 3.56. The van der Waals surface area contributed by atoms with Crippen molar-refractivity contribution in [3.05, 3.63) is 35.4 Å². The Kier molecular flexibility index (Phi) is 6.89. The molecule has 2 heteroatoms. The molecule has 1 N–H and O–H groups in total. The number of nitrogens with one attached hydrogen (secondary N) is 1. The Morgan fingerprint density at radius 2 is 1.62 bits per heavy atom. The molecule has 1 aromatic rings. The van der Waals surface area contributed by atoms with E-state index in [1.807, 2.05) is 0 Å². The van der Waals surface area contributed by atoms with Crippen molar-refractivity contribution < 1.29 is 0 Å². The Morgan fingerprint density at radius 1 is 1.05 bits per heavy atom. The van der Waals surface area contributed by atoms with E-state index in [0.717, 1.165) is 19.6 Å². The first kappa shape index (κ1) is 18.2. The lowest BCUT2D eigenvalue weighted by Crippen LogP contribution is -2.39. The van der Waals surface area contributed by atoms with Crippen LogP contribution in [0.4, 0.5) is 0 Å². The summed E-state index contributed by atoms with van der Waals surface area (Å²) < 4.78 is 0. The molecule has 120 valence electrons. The zero-order chi connectivity index (χ0) is 16.0. The number of rotatable bonds is 7. The number of benzene rings is 1. The van der Waals surface area contributed by atoms with Crippen molar-refractivity contribution in [1.82, 2.24) is 10.2 Å². The van der Waals surface area contributed by atoms with Gasteiger partial charge in [0.25, 0.3) is 0 Å². The van der Waals surface area contributed by atoms with E-state index in [4.69, 9.17) is 0 Å². The first-order valence-corrected chi connectivity index (χ1v) is 8.19. The number of hydrogen-bond donors (Lipinski definition) is 1. The van der Waals surface area contributed by atoms with Crippen LogP contribution in [0.3, 0.4) is 0 Å². The summed E-state index contributed by atoms with van der Waals surface area (Å²) in [5.74, 6) is 0.695. The summed E-state index contributed by atoms with van der Waals surface area (Å²) in [5, 5.41) is 3.56. The molecule has 0 spiro atoms. The summed E-state index contributed by atoms with van der Waals surface area (Å²) in [4.78, 5) is 2.46. The van der Waals surface area contributed by atoms with Crippen molar-refractivity contribution in [3.63, 3.8) is 0 Å².